The topological polar surface area (TPSA) is 92.1 Å². The van der Waals surface area contributed by atoms with Gasteiger partial charge >= 0.3 is 0 Å². The van der Waals surface area contributed by atoms with Crippen LogP contribution in [0, 0.1) is 5.92 Å². The highest BCUT2D eigenvalue weighted by Gasteiger charge is 2.41. The van der Waals surface area contributed by atoms with Crippen molar-refractivity contribution in [2.75, 3.05) is 24.6 Å². The number of aliphatic imine (C=N–C) groups is 2. The SMILES string of the molecule is CC1CC2NCC(C3=NC(SCC[S+](=O)([O-])C4CCCCC4)=NCC3)C(C)N2N1. The molecule has 5 atom stereocenters. The normalized spacial score (nSPS) is 36.2. The van der Waals surface area contributed by atoms with Gasteiger partial charge in [0, 0.05) is 49.0 Å². The zero-order chi connectivity index (χ0) is 20.4. The van der Waals surface area contributed by atoms with Crippen LogP contribution in [0.5, 0.6) is 0 Å². The van der Waals surface area contributed by atoms with Gasteiger partial charge in [-0.1, -0.05) is 18.2 Å². The third-order valence-corrected chi connectivity index (χ3v) is 10.2. The van der Waals surface area contributed by atoms with Gasteiger partial charge in [0.2, 0.25) is 0 Å². The Morgan fingerprint density at radius 3 is 2.86 bits per heavy atom. The van der Waals surface area contributed by atoms with Crippen molar-refractivity contribution in [1.82, 2.24) is 15.8 Å². The highest BCUT2D eigenvalue weighted by molar-refractivity contribution is 8.14. The molecule has 1 aliphatic carbocycles. The summed E-state index contributed by atoms with van der Waals surface area (Å²) in [6.07, 6.45) is 7.40. The monoisotopic (exact) mass is 441 g/mol. The summed E-state index contributed by atoms with van der Waals surface area (Å²) in [6, 6.07) is 0.891. The number of fused-ring (bicyclic) bond motifs is 1. The summed E-state index contributed by atoms with van der Waals surface area (Å²) in [5, 5.41) is 6.66. The Kier molecular flexibility index (Phi) is 7.13. The standard InChI is InChI=1S/C20H35N5O2S2/c1-14-12-19-22-13-17(15(2)25(19)24-14)18-8-9-21-20(23-18)28-10-11-29(26,27)16-6-4-3-5-7-16/h14-17,19,22,24H,3-13H2,1-2H3. The Morgan fingerprint density at radius 2 is 2.07 bits per heavy atom. The lowest BCUT2D eigenvalue weighted by Crippen LogP contribution is -2.61. The van der Waals surface area contributed by atoms with Crippen LogP contribution in [0.3, 0.4) is 0 Å². The Labute approximate surface area is 180 Å². The molecule has 7 nitrogen and oxygen atoms in total. The molecule has 0 spiro atoms. The molecule has 5 unspecified atom stereocenters. The molecule has 3 heterocycles. The molecule has 0 amide bonds. The Bertz CT molecular complexity index is 694. The maximum absolute atomic E-state index is 12.6. The minimum absolute atomic E-state index is 0.123. The van der Waals surface area contributed by atoms with Crippen molar-refractivity contribution in [3.8, 4) is 0 Å². The number of hydrogen-bond donors (Lipinski definition) is 2. The number of thioether (sulfide) groups is 1. The van der Waals surface area contributed by atoms with Crippen LogP contribution in [0.25, 0.3) is 0 Å². The van der Waals surface area contributed by atoms with Gasteiger partial charge in [-0.3, -0.25) is 15.7 Å². The molecule has 29 heavy (non-hydrogen) atoms. The van der Waals surface area contributed by atoms with E-state index in [1.54, 1.807) is 0 Å². The Morgan fingerprint density at radius 1 is 1.28 bits per heavy atom. The van der Waals surface area contributed by atoms with Gasteiger partial charge in [-0.05, 0) is 46.0 Å². The van der Waals surface area contributed by atoms with Gasteiger partial charge in [0.1, 0.15) is 11.0 Å². The van der Waals surface area contributed by atoms with E-state index in [0.717, 1.165) is 56.8 Å². The average Bonchev–Trinajstić information content (AvgIpc) is 3.10. The Balaban J connectivity index is 1.31. The first-order valence-corrected chi connectivity index (χ1v) is 13.9. The molecule has 0 bridgehead atoms. The number of nitrogens with one attached hydrogen (secondary N) is 2. The van der Waals surface area contributed by atoms with Gasteiger partial charge in [-0.25, -0.2) is 10.0 Å². The predicted octanol–water partition coefficient (Wildman–Crippen LogP) is 2.42. The van der Waals surface area contributed by atoms with E-state index in [2.05, 4.69) is 34.6 Å². The second-order valence-electron chi connectivity index (χ2n) is 8.94. The predicted molar refractivity (Wildman–Crippen MR) is 121 cm³/mol. The van der Waals surface area contributed by atoms with Gasteiger partial charge < -0.3 is 4.55 Å². The van der Waals surface area contributed by atoms with E-state index in [4.69, 9.17) is 4.99 Å². The molecule has 164 valence electrons. The highest BCUT2D eigenvalue weighted by Crippen LogP contribution is 2.29. The van der Waals surface area contributed by atoms with Crippen LogP contribution < -0.4 is 10.7 Å². The molecule has 3 fully saturated rings. The lowest BCUT2D eigenvalue weighted by atomic mass is 9.90. The van der Waals surface area contributed by atoms with Crippen molar-refractivity contribution in [2.45, 2.75) is 82.3 Å². The second-order valence-corrected chi connectivity index (χ2v) is 12.4. The van der Waals surface area contributed by atoms with Crippen molar-refractivity contribution in [2.24, 2.45) is 15.9 Å². The van der Waals surface area contributed by atoms with Gasteiger partial charge in [0.15, 0.2) is 5.17 Å². The maximum atomic E-state index is 12.6. The number of hydrazine groups is 1. The van der Waals surface area contributed by atoms with Crippen LogP contribution in [0.4, 0.5) is 0 Å². The smallest absolute Gasteiger partial charge is 0.183 e. The highest BCUT2D eigenvalue weighted by atomic mass is 32.3. The molecule has 3 aliphatic heterocycles. The summed E-state index contributed by atoms with van der Waals surface area (Å²) < 4.78 is 25.2. The molecule has 9 heteroatoms. The summed E-state index contributed by atoms with van der Waals surface area (Å²) in [4.78, 5) is 9.42. The molecule has 1 saturated carbocycles. The van der Waals surface area contributed by atoms with E-state index in [9.17, 15) is 8.76 Å². The molecule has 4 aliphatic rings. The van der Waals surface area contributed by atoms with E-state index in [1.807, 2.05) is 0 Å². The molecule has 0 aromatic rings. The zero-order valence-electron chi connectivity index (χ0n) is 17.6. The molecular formula is C20H35N5O2S2. The van der Waals surface area contributed by atoms with E-state index in [-0.39, 0.29) is 11.0 Å². The largest absolute Gasteiger partial charge is 0.615 e. The maximum Gasteiger partial charge on any atom is 0.183 e. The molecule has 4 rings (SSSR count). The van der Waals surface area contributed by atoms with Crippen LogP contribution in [0.15, 0.2) is 9.98 Å². The van der Waals surface area contributed by atoms with E-state index < -0.39 is 10.2 Å². The van der Waals surface area contributed by atoms with Crippen LogP contribution in [0.1, 0.15) is 58.8 Å². The van der Waals surface area contributed by atoms with Gasteiger partial charge in [0.05, 0.1) is 16.4 Å². The van der Waals surface area contributed by atoms with Crippen LogP contribution >= 0.6 is 11.8 Å². The third-order valence-electron chi connectivity index (χ3n) is 6.82. The molecule has 0 radical (unpaired) electrons. The zero-order valence-corrected chi connectivity index (χ0v) is 19.3. The number of hydrogen-bond acceptors (Lipinski definition) is 8. The number of amidine groups is 1. The van der Waals surface area contributed by atoms with Crippen molar-refractivity contribution in [3.63, 3.8) is 0 Å². The molecule has 0 aromatic carbocycles. The van der Waals surface area contributed by atoms with Gasteiger partial charge in [-0.2, -0.15) is 0 Å². The van der Waals surface area contributed by atoms with Crippen LogP contribution in [0.2, 0.25) is 0 Å². The summed E-state index contributed by atoms with van der Waals surface area (Å²) in [5.41, 5.74) is 4.79. The van der Waals surface area contributed by atoms with Crippen molar-refractivity contribution < 1.29 is 8.76 Å². The fourth-order valence-electron chi connectivity index (χ4n) is 5.12. The molecule has 0 aromatic heterocycles. The summed E-state index contributed by atoms with van der Waals surface area (Å²) in [7, 11) is -2.99. The lowest BCUT2D eigenvalue weighted by molar-refractivity contribution is 0.0510. The lowest BCUT2D eigenvalue weighted by Gasteiger charge is -2.42. The first-order chi connectivity index (χ1) is 13.9. The number of sulfone groups is 1. The number of nitrogens with zero attached hydrogens (tertiary/aromatic N) is 3. The third kappa shape index (κ3) is 5.13. The van der Waals surface area contributed by atoms with Crippen molar-refractivity contribution >= 4 is 32.9 Å². The first-order valence-electron chi connectivity index (χ1n) is 11.2. The fraction of sp³-hybridized carbons (Fsp3) is 0.900. The summed E-state index contributed by atoms with van der Waals surface area (Å²) >= 11 is 1.51. The quantitative estimate of drug-likeness (QED) is 0.637. The molecule has 2 saturated heterocycles. The fourth-order valence-corrected chi connectivity index (χ4v) is 8.31. The van der Waals surface area contributed by atoms with Crippen LogP contribution in [-0.2, 0) is 14.4 Å². The summed E-state index contributed by atoms with van der Waals surface area (Å²) in [5.74, 6) is 1.16. The van der Waals surface area contributed by atoms with E-state index in [0.29, 0.717) is 29.9 Å². The Hall–Kier alpha value is -0.320. The van der Waals surface area contributed by atoms with Crippen LogP contribution in [-0.4, -0.2) is 68.5 Å². The summed E-state index contributed by atoms with van der Waals surface area (Å²) in [6.45, 7) is 6.21. The molecular weight excluding hydrogens is 406 g/mol. The second kappa shape index (κ2) is 9.44. The van der Waals surface area contributed by atoms with E-state index >= 15 is 0 Å². The minimum atomic E-state index is -2.99. The molecule has 2 N–H and O–H groups in total. The van der Waals surface area contributed by atoms with E-state index in [1.165, 1.54) is 23.9 Å². The average molecular weight is 442 g/mol. The van der Waals surface area contributed by atoms with Crippen molar-refractivity contribution in [1.29, 1.82) is 0 Å². The minimum Gasteiger partial charge on any atom is -0.615 e. The van der Waals surface area contributed by atoms with Gasteiger partial charge in [-0.15, -0.1) is 4.21 Å². The van der Waals surface area contributed by atoms with Crippen molar-refractivity contribution in [3.05, 3.63) is 0 Å². The first kappa shape index (κ1) is 21.9. The number of rotatable bonds is 5. The van der Waals surface area contributed by atoms with Gasteiger partial charge in [0.25, 0.3) is 0 Å².